The second kappa shape index (κ2) is 5.84. The lowest BCUT2D eigenvalue weighted by molar-refractivity contribution is 0.281. The Morgan fingerprint density at radius 2 is 1.95 bits per heavy atom. The highest BCUT2D eigenvalue weighted by atomic mass is 79.9. The molecule has 2 aromatic carbocycles. The molecule has 0 saturated carbocycles. The summed E-state index contributed by atoms with van der Waals surface area (Å²) < 4.78 is 6.48. The zero-order chi connectivity index (χ0) is 14.8. The van der Waals surface area contributed by atoms with Gasteiger partial charge in [0.25, 0.3) is 0 Å². The van der Waals surface area contributed by atoms with Crippen molar-refractivity contribution in [2.75, 3.05) is 0 Å². The molecule has 1 aromatic heterocycles. The molecule has 21 heavy (non-hydrogen) atoms. The topological polar surface area (TPSA) is 46.3 Å². The molecule has 0 atom stereocenters. The average molecular weight is 344 g/mol. The van der Waals surface area contributed by atoms with Gasteiger partial charge in [-0.3, -0.25) is 0 Å². The van der Waals surface area contributed by atoms with Crippen molar-refractivity contribution in [1.29, 1.82) is 0 Å². The first-order valence-electron chi connectivity index (χ1n) is 6.62. The summed E-state index contributed by atoms with van der Waals surface area (Å²) in [5.74, 6) is 0.630. The molecular formula is C17H14BrNO2. The van der Waals surface area contributed by atoms with Crippen molar-refractivity contribution < 1.29 is 9.63 Å². The Kier molecular flexibility index (Phi) is 3.90. The minimum absolute atomic E-state index is 0.116. The molecule has 0 unspecified atom stereocenters. The molecule has 0 spiro atoms. The van der Waals surface area contributed by atoms with Crippen LogP contribution >= 0.6 is 15.9 Å². The fourth-order valence-corrected chi connectivity index (χ4v) is 2.76. The summed E-state index contributed by atoms with van der Waals surface area (Å²) >= 11 is 3.45. The number of nitrogens with zero attached hydrogens (tertiary/aromatic N) is 1. The Balaban J connectivity index is 2.16. The van der Waals surface area contributed by atoms with E-state index in [1.54, 1.807) is 0 Å². The summed E-state index contributed by atoms with van der Waals surface area (Å²) in [7, 11) is 0. The average Bonchev–Trinajstić information content (AvgIpc) is 2.91. The first-order valence-corrected chi connectivity index (χ1v) is 7.41. The number of benzene rings is 2. The van der Waals surface area contributed by atoms with Crippen molar-refractivity contribution in [3.05, 3.63) is 64.1 Å². The number of hydrogen-bond acceptors (Lipinski definition) is 3. The molecular weight excluding hydrogens is 330 g/mol. The van der Waals surface area contributed by atoms with E-state index in [9.17, 15) is 5.11 Å². The van der Waals surface area contributed by atoms with Crippen LogP contribution in [0.25, 0.3) is 22.6 Å². The molecule has 1 N–H and O–H groups in total. The third-order valence-electron chi connectivity index (χ3n) is 3.43. The molecule has 0 bridgehead atoms. The van der Waals surface area contributed by atoms with Crippen LogP contribution in [0.5, 0.6) is 0 Å². The highest BCUT2D eigenvalue weighted by Crippen LogP contribution is 2.34. The molecule has 0 aliphatic carbocycles. The first-order chi connectivity index (χ1) is 10.2. The summed E-state index contributed by atoms with van der Waals surface area (Å²) in [4.78, 5) is 0. The Morgan fingerprint density at radius 3 is 2.67 bits per heavy atom. The molecule has 4 heteroatoms. The Labute approximate surface area is 131 Å². The molecule has 0 saturated heterocycles. The lowest BCUT2D eigenvalue weighted by atomic mass is 10.00. The first kappa shape index (κ1) is 14.0. The van der Waals surface area contributed by atoms with Gasteiger partial charge < -0.3 is 9.63 Å². The number of halogens is 1. The van der Waals surface area contributed by atoms with Crippen LogP contribution in [0.3, 0.4) is 0 Å². The van der Waals surface area contributed by atoms with Gasteiger partial charge in [0.2, 0.25) is 0 Å². The second-order valence-electron chi connectivity index (χ2n) is 4.82. The monoisotopic (exact) mass is 343 g/mol. The molecule has 1 heterocycles. The van der Waals surface area contributed by atoms with E-state index >= 15 is 0 Å². The molecule has 0 fully saturated rings. The van der Waals surface area contributed by atoms with Crippen molar-refractivity contribution in [1.82, 2.24) is 5.16 Å². The van der Waals surface area contributed by atoms with E-state index in [0.29, 0.717) is 17.0 Å². The fourth-order valence-electron chi connectivity index (χ4n) is 2.36. The Bertz CT molecular complexity index is 780. The van der Waals surface area contributed by atoms with Gasteiger partial charge in [-0.05, 0) is 24.6 Å². The number of aryl methyl sites for hydroxylation is 1. The number of aromatic nitrogens is 1. The van der Waals surface area contributed by atoms with Crippen LogP contribution in [0.1, 0.15) is 11.1 Å². The number of aliphatic hydroxyl groups excluding tert-OH is 1. The van der Waals surface area contributed by atoms with Gasteiger partial charge in [0.05, 0.1) is 12.2 Å². The van der Waals surface area contributed by atoms with Crippen LogP contribution < -0.4 is 0 Å². The lowest BCUT2D eigenvalue weighted by Gasteiger charge is -2.04. The Morgan fingerprint density at radius 1 is 1.14 bits per heavy atom. The predicted octanol–water partition coefficient (Wildman–Crippen LogP) is 4.57. The van der Waals surface area contributed by atoms with Gasteiger partial charge in [-0.25, -0.2) is 0 Å². The summed E-state index contributed by atoms with van der Waals surface area (Å²) in [6.07, 6.45) is 0. The van der Waals surface area contributed by atoms with E-state index in [1.165, 1.54) is 0 Å². The van der Waals surface area contributed by atoms with Crippen LogP contribution in [0.4, 0.5) is 0 Å². The summed E-state index contributed by atoms with van der Waals surface area (Å²) in [5, 5.41) is 13.9. The molecule has 3 nitrogen and oxygen atoms in total. The minimum Gasteiger partial charge on any atom is -0.391 e. The summed E-state index contributed by atoms with van der Waals surface area (Å²) in [6, 6.07) is 15.7. The van der Waals surface area contributed by atoms with E-state index in [4.69, 9.17) is 4.52 Å². The van der Waals surface area contributed by atoms with Gasteiger partial charge >= 0.3 is 0 Å². The van der Waals surface area contributed by atoms with Crippen molar-refractivity contribution in [3.63, 3.8) is 0 Å². The zero-order valence-electron chi connectivity index (χ0n) is 11.5. The van der Waals surface area contributed by atoms with Crippen LogP contribution in [-0.2, 0) is 6.61 Å². The molecule has 106 valence electrons. The van der Waals surface area contributed by atoms with E-state index < -0.39 is 0 Å². The molecule has 0 aliphatic rings. The molecule has 3 rings (SSSR count). The van der Waals surface area contributed by atoms with E-state index in [-0.39, 0.29) is 6.61 Å². The van der Waals surface area contributed by atoms with Crippen molar-refractivity contribution in [3.8, 4) is 22.6 Å². The van der Waals surface area contributed by atoms with Crippen LogP contribution in [0, 0.1) is 6.92 Å². The molecule has 3 aromatic rings. The van der Waals surface area contributed by atoms with Crippen molar-refractivity contribution in [2.45, 2.75) is 13.5 Å². The zero-order valence-corrected chi connectivity index (χ0v) is 13.1. The summed E-state index contributed by atoms with van der Waals surface area (Å²) in [5.41, 5.74) is 4.34. The van der Waals surface area contributed by atoms with Gasteiger partial charge in [-0.2, -0.15) is 0 Å². The van der Waals surface area contributed by atoms with Crippen LogP contribution in [0.15, 0.2) is 57.5 Å². The van der Waals surface area contributed by atoms with E-state index in [1.807, 2.05) is 55.5 Å². The second-order valence-corrected chi connectivity index (χ2v) is 5.74. The summed E-state index contributed by atoms with van der Waals surface area (Å²) in [6.45, 7) is 1.90. The largest absolute Gasteiger partial charge is 0.391 e. The Hall–Kier alpha value is -1.91. The van der Waals surface area contributed by atoms with Gasteiger partial charge in [0.1, 0.15) is 5.69 Å². The molecule has 0 amide bonds. The lowest BCUT2D eigenvalue weighted by Crippen LogP contribution is -1.90. The van der Waals surface area contributed by atoms with E-state index in [2.05, 4.69) is 21.1 Å². The minimum atomic E-state index is -0.116. The number of hydrogen-bond donors (Lipinski definition) is 1. The highest BCUT2D eigenvalue weighted by Gasteiger charge is 2.19. The SMILES string of the molecule is Cc1ccccc1-c1onc(-c2cccc(Br)c2)c1CO. The number of rotatable bonds is 3. The maximum absolute atomic E-state index is 9.76. The fraction of sp³-hybridized carbons (Fsp3) is 0.118. The molecule has 0 radical (unpaired) electrons. The third-order valence-corrected chi connectivity index (χ3v) is 3.93. The van der Waals surface area contributed by atoms with Gasteiger partial charge in [-0.15, -0.1) is 0 Å². The third kappa shape index (κ3) is 2.64. The number of aliphatic hydroxyl groups is 1. The van der Waals surface area contributed by atoms with Crippen molar-refractivity contribution >= 4 is 15.9 Å². The highest BCUT2D eigenvalue weighted by molar-refractivity contribution is 9.10. The van der Waals surface area contributed by atoms with E-state index in [0.717, 1.165) is 21.2 Å². The van der Waals surface area contributed by atoms with Gasteiger partial charge in [0.15, 0.2) is 5.76 Å². The quantitative estimate of drug-likeness (QED) is 0.757. The maximum atomic E-state index is 9.76. The normalized spacial score (nSPS) is 10.8. The molecule has 0 aliphatic heterocycles. The van der Waals surface area contributed by atoms with Crippen LogP contribution in [-0.4, -0.2) is 10.3 Å². The van der Waals surface area contributed by atoms with Gasteiger partial charge in [0, 0.05) is 15.6 Å². The maximum Gasteiger partial charge on any atom is 0.173 e. The van der Waals surface area contributed by atoms with Crippen LogP contribution in [0.2, 0.25) is 0 Å². The smallest absolute Gasteiger partial charge is 0.173 e. The standard InChI is InChI=1S/C17H14BrNO2/c1-11-5-2-3-8-14(11)17-15(10-20)16(19-21-17)12-6-4-7-13(18)9-12/h2-9,20H,10H2,1H3. The van der Waals surface area contributed by atoms with Gasteiger partial charge in [-0.1, -0.05) is 57.5 Å². The predicted molar refractivity (Wildman–Crippen MR) is 85.7 cm³/mol. The van der Waals surface area contributed by atoms with Crippen molar-refractivity contribution in [2.24, 2.45) is 0 Å².